The number of hydrogen-bond donors (Lipinski definition) is 0. The van der Waals surface area contributed by atoms with Gasteiger partial charge in [-0.25, -0.2) is 0 Å². The van der Waals surface area contributed by atoms with E-state index in [1.807, 2.05) is 13.0 Å². The van der Waals surface area contributed by atoms with Gasteiger partial charge in [0.2, 0.25) is 0 Å². The summed E-state index contributed by atoms with van der Waals surface area (Å²) in [4.78, 5) is 15.1. The van der Waals surface area contributed by atoms with Crippen LogP contribution >= 0.6 is 0 Å². The van der Waals surface area contributed by atoms with Gasteiger partial charge >= 0.3 is 0 Å². The van der Waals surface area contributed by atoms with Gasteiger partial charge in [0.15, 0.2) is 5.78 Å². The van der Waals surface area contributed by atoms with Crippen LogP contribution in [0, 0.1) is 0 Å². The van der Waals surface area contributed by atoms with Crippen LogP contribution in [0.25, 0.3) is 0 Å². The lowest BCUT2D eigenvalue weighted by Gasteiger charge is -2.00. The second-order valence-corrected chi connectivity index (χ2v) is 2.41. The number of ketones is 1. The second kappa shape index (κ2) is 3.28. The molecule has 0 bridgehead atoms. The third-order valence-corrected chi connectivity index (χ3v) is 1.60. The summed E-state index contributed by atoms with van der Waals surface area (Å²) >= 11 is 0. The molecular formula is C9H11NO. The summed E-state index contributed by atoms with van der Waals surface area (Å²) in [5.41, 5.74) is 1.63. The Labute approximate surface area is 66.3 Å². The van der Waals surface area contributed by atoms with Gasteiger partial charge in [-0.1, -0.05) is 6.92 Å². The maximum atomic E-state index is 11.0. The first-order valence-corrected chi connectivity index (χ1v) is 3.70. The smallest absolute Gasteiger partial charge is 0.161 e. The van der Waals surface area contributed by atoms with Gasteiger partial charge in [-0.15, -0.1) is 0 Å². The van der Waals surface area contributed by atoms with E-state index >= 15 is 0 Å². The zero-order valence-electron chi connectivity index (χ0n) is 6.79. The number of Topliss-reactive ketones (excluding diaryl/α,β-unsaturated/α-hetero) is 1. The Morgan fingerprint density at radius 2 is 2.36 bits per heavy atom. The van der Waals surface area contributed by atoms with Crippen molar-refractivity contribution in [3.8, 4) is 0 Å². The number of aromatic nitrogens is 1. The van der Waals surface area contributed by atoms with Crippen LogP contribution in [0.15, 0.2) is 18.3 Å². The molecule has 0 aliphatic rings. The molecule has 1 heterocycles. The number of nitrogens with zero attached hydrogens (tertiary/aromatic N) is 1. The first-order valence-electron chi connectivity index (χ1n) is 3.70. The molecule has 11 heavy (non-hydrogen) atoms. The Hall–Kier alpha value is -1.18. The molecule has 0 fully saturated rings. The zero-order valence-corrected chi connectivity index (χ0v) is 6.79. The summed E-state index contributed by atoms with van der Waals surface area (Å²) in [7, 11) is 0. The Balaban J connectivity index is 3.12. The van der Waals surface area contributed by atoms with E-state index in [1.165, 1.54) is 0 Å². The predicted molar refractivity (Wildman–Crippen MR) is 43.6 cm³/mol. The van der Waals surface area contributed by atoms with Crippen molar-refractivity contribution in [3.05, 3.63) is 29.6 Å². The summed E-state index contributed by atoms with van der Waals surface area (Å²) in [5.74, 6) is 0.0925. The highest BCUT2D eigenvalue weighted by molar-refractivity contribution is 5.95. The lowest BCUT2D eigenvalue weighted by Crippen LogP contribution is -2.00. The van der Waals surface area contributed by atoms with E-state index < -0.39 is 0 Å². The Morgan fingerprint density at radius 3 is 2.82 bits per heavy atom. The van der Waals surface area contributed by atoms with Crippen LogP contribution < -0.4 is 0 Å². The van der Waals surface area contributed by atoms with Gasteiger partial charge in [0.05, 0.1) is 5.69 Å². The quantitative estimate of drug-likeness (QED) is 0.600. The lowest BCUT2D eigenvalue weighted by atomic mass is 10.1. The third kappa shape index (κ3) is 1.64. The fraction of sp³-hybridized carbons (Fsp3) is 0.333. The molecule has 0 aliphatic carbocycles. The number of carbonyl (C=O) groups excluding carboxylic acids is 1. The summed E-state index contributed by atoms with van der Waals surface area (Å²) in [5, 5.41) is 0. The molecule has 58 valence electrons. The topological polar surface area (TPSA) is 30.0 Å². The van der Waals surface area contributed by atoms with Crippen LogP contribution in [0.2, 0.25) is 0 Å². The van der Waals surface area contributed by atoms with Gasteiger partial charge in [-0.05, 0) is 25.5 Å². The number of pyridine rings is 1. The Kier molecular flexibility index (Phi) is 2.36. The standard InChI is InChI=1S/C9H11NO/c1-3-9-8(7(2)11)5-4-6-10-9/h4-6H,3H2,1-2H3. The van der Waals surface area contributed by atoms with Gasteiger partial charge in [0, 0.05) is 11.8 Å². The molecule has 0 N–H and O–H groups in total. The van der Waals surface area contributed by atoms with Crippen LogP contribution in [0.4, 0.5) is 0 Å². The molecule has 0 aromatic carbocycles. The van der Waals surface area contributed by atoms with Crippen LogP contribution in [0.1, 0.15) is 29.9 Å². The van der Waals surface area contributed by atoms with Crippen LogP contribution in [0.3, 0.4) is 0 Å². The molecule has 0 amide bonds. The van der Waals surface area contributed by atoms with Crippen LogP contribution in [-0.2, 0) is 6.42 Å². The molecular weight excluding hydrogens is 138 g/mol. The molecule has 0 aliphatic heterocycles. The van der Waals surface area contributed by atoms with Gasteiger partial charge in [-0.2, -0.15) is 0 Å². The normalized spacial score (nSPS) is 9.64. The molecule has 0 unspecified atom stereocenters. The van der Waals surface area contributed by atoms with Crippen molar-refractivity contribution in [1.29, 1.82) is 0 Å². The fourth-order valence-electron chi connectivity index (χ4n) is 1.04. The average Bonchev–Trinajstić information content (AvgIpc) is 2.04. The van der Waals surface area contributed by atoms with E-state index in [9.17, 15) is 4.79 Å². The average molecular weight is 149 g/mol. The molecule has 0 atom stereocenters. The van der Waals surface area contributed by atoms with Crippen molar-refractivity contribution >= 4 is 5.78 Å². The molecule has 0 spiro atoms. The maximum Gasteiger partial charge on any atom is 0.161 e. The molecule has 2 heteroatoms. The molecule has 1 aromatic rings. The largest absolute Gasteiger partial charge is 0.294 e. The van der Waals surface area contributed by atoms with E-state index in [1.54, 1.807) is 19.2 Å². The van der Waals surface area contributed by atoms with Crippen LogP contribution in [-0.4, -0.2) is 10.8 Å². The van der Waals surface area contributed by atoms with Gasteiger partial charge in [0.25, 0.3) is 0 Å². The molecule has 0 saturated heterocycles. The van der Waals surface area contributed by atoms with Gasteiger partial charge in [-0.3, -0.25) is 9.78 Å². The van der Waals surface area contributed by atoms with Crippen molar-refractivity contribution in [2.24, 2.45) is 0 Å². The van der Waals surface area contributed by atoms with E-state index in [-0.39, 0.29) is 5.78 Å². The maximum absolute atomic E-state index is 11.0. The van der Waals surface area contributed by atoms with E-state index in [0.29, 0.717) is 0 Å². The highest BCUT2D eigenvalue weighted by Gasteiger charge is 2.04. The number of hydrogen-bond acceptors (Lipinski definition) is 2. The number of aryl methyl sites for hydroxylation is 1. The molecule has 2 nitrogen and oxygen atoms in total. The summed E-state index contributed by atoms with van der Waals surface area (Å²) < 4.78 is 0. The van der Waals surface area contributed by atoms with E-state index in [0.717, 1.165) is 17.7 Å². The first kappa shape index (κ1) is 7.92. The highest BCUT2D eigenvalue weighted by atomic mass is 16.1. The minimum absolute atomic E-state index is 0.0925. The molecule has 0 saturated carbocycles. The zero-order chi connectivity index (χ0) is 8.27. The molecule has 1 aromatic heterocycles. The molecule has 0 radical (unpaired) electrons. The third-order valence-electron chi connectivity index (χ3n) is 1.60. The highest BCUT2D eigenvalue weighted by Crippen LogP contribution is 2.05. The van der Waals surface area contributed by atoms with Crippen LogP contribution in [0.5, 0.6) is 0 Å². The lowest BCUT2D eigenvalue weighted by molar-refractivity contribution is 0.101. The van der Waals surface area contributed by atoms with Crippen molar-refractivity contribution in [3.63, 3.8) is 0 Å². The molecule has 1 rings (SSSR count). The summed E-state index contributed by atoms with van der Waals surface area (Å²) in [6, 6.07) is 3.60. The van der Waals surface area contributed by atoms with Crippen molar-refractivity contribution in [1.82, 2.24) is 4.98 Å². The van der Waals surface area contributed by atoms with Gasteiger partial charge < -0.3 is 0 Å². The summed E-state index contributed by atoms with van der Waals surface area (Å²) in [6.07, 6.45) is 2.53. The second-order valence-electron chi connectivity index (χ2n) is 2.41. The SMILES string of the molecule is CCc1ncccc1C(C)=O. The first-order chi connectivity index (χ1) is 5.25. The Bertz CT molecular complexity index is 268. The summed E-state index contributed by atoms with van der Waals surface area (Å²) in [6.45, 7) is 3.56. The monoisotopic (exact) mass is 149 g/mol. The number of rotatable bonds is 2. The predicted octanol–water partition coefficient (Wildman–Crippen LogP) is 1.85. The fourth-order valence-corrected chi connectivity index (χ4v) is 1.04. The van der Waals surface area contributed by atoms with Crippen molar-refractivity contribution < 1.29 is 4.79 Å². The minimum Gasteiger partial charge on any atom is -0.294 e. The van der Waals surface area contributed by atoms with E-state index in [4.69, 9.17) is 0 Å². The Morgan fingerprint density at radius 1 is 1.64 bits per heavy atom. The van der Waals surface area contributed by atoms with E-state index in [2.05, 4.69) is 4.98 Å². The van der Waals surface area contributed by atoms with Crippen molar-refractivity contribution in [2.75, 3.05) is 0 Å². The van der Waals surface area contributed by atoms with Gasteiger partial charge in [0.1, 0.15) is 0 Å². The number of carbonyl (C=O) groups is 1. The minimum atomic E-state index is 0.0925. The van der Waals surface area contributed by atoms with Crippen molar-refractivity contribution in [2.45, 2.75) is 20.3 Å².